The molecule has 1 aliphatic carbocycles. The largest absolute Gasteiger partial charge is 0.459 e. The van der Waals surface area contributed by atoms with E-state index in [1.807, 2.05) is 23.2 Å². The maximum atomic E-state index is 12.7. The van der Waals surface area contributed by atoms with Crippen LogP contribution in [0.25, 0.3) is 0 Å². The number of carbonyl (C=O) groups excluding carboxylic acids is 1. The molecule has 4 heteroatoms. The van der Waals surface area contributed by atoms with E-state index in [9.17, 15) is 4.79 Å². The Labute approximate surface area is 131 Å². The molecule has 1 fully saturated rings. The Kier molecular flexibility index (Phi) is 4.88. The Bertz CT molecular complexity index is 574. The minimum Gasteiger partial charge on any atom is -0.459 e. The summed E-state index contributed by atoms with van der Waals surface area (Å²) in [5.41, 5.74) is 1.05. The van der Waals surface area contributed by atoms with Crippen LogP contribution < -0.4 is 0 Å². The van der Waals surface area contributed by atoms with Crippen molar-refractivity contribution in [2.45, 2.75) is 38.6 Å². The van der Waals surface area contributed by atoms with Gasteiger partial charge in [0.15, 0.2) is 5.76 Å². The first-order valence-corrected chi connectivity index (χ1v) is 8.04. The maximum absolute atomic E-state index is 12.7. The summed E-state index contributed by atoms with van der Waals surface area (Å²) in [7, 11) is 0. The highest BCUT2D eigenvalue weighted by molar-refractivity contribution is 5.91. The molecule has 0 aromatic carbocycles. The Balaban J connectivity index is 1.73. The van der Waals surface area contributed by atoms with Crippen molar-refractivity contribution in [1.29, 1.82) is 0 Å². The van der Waals surface area contributed by atoms with Crippen LogP contribution in [0.3, 0.4) is 0 Å². The number of carbonyl (C=O) groups is 1. The molecule has 2 heterocycles. The van der Waals surface area contributed by atoms with E-state index in [0.29, 0.717) is 18.2 Å². The number of rotatable bonds is 5. The van der Waals surface area contributed by atoms with Crippen LogP contribution in [0.4, 0.5) is 0 Å². The lowest BCUT2D eigenvalue weighted by Crippen LogP contribution is -2.35. The van der Waals surface area contributed by atoms with Gasteiger partial charge in [-0.2, -0.15) is 0 Å². The molecule has 0 saturated heterocycles. The highest BCUT2D eigenvalue weighted by atomic mass is 16.3. The van der Waals surface area contributed by atoms with Gasteiger partial charge in [0.1, 0.15) is 0 Å². The lowest BCUT2D eigenvalue weighted by Gasteiger charge is -2.29. The topological polar surface area (TPSA) is 46.3 Å². The molecular weight excluding hydrogens is 276 g/mol. The van der Waals surface area contributed by atoms with Crippen molar-refractivity contribution in [3.63, 3.8) is 0 Å². The summed E-state index contributed by atoms with van der Waals surface area (Å²) in [6.45, 7) is 1.39. The predicted octanol–water partition coefficient (Wildman–Crippen LogP) is 3.90. The lowest BCUT2D eigenvalue weighted by atomic mass is 9.89. The number of pyridine rings is 1. The summed E-state index contributed by atoms with van der Waals surface area (Å²) >= 11 is 0. The quantitative estimate of drug-likeness (QED) is 0.841. The summed E-state index contributed by atoms with van der Waals surface area (Å²) in [6.07, 6.45) is 11.4. The number of aromatic nitrogens is 1. The fourth-order valence-electron chi connectivity index (χ4n) is 3.17. The second-order valence-corrected chi connectivity index (χ2v) is 6.03. The number of hydrogen-bond donors (Lipinski definition) is 0. The molecule has 1 saturated carbocycles. The zero-order chi connectivity index (χ0) is 15.2. The summed E-state index contributed by atoms with van der Waals surface area (Å²) in [6, 6.07) is 7.41. The van der Waals surface area contributed by atoms with E-state index in [1.165, 1.54) is 32.1 Å². The molecule has 0 atom stereocenters. The molecule has 0 N–H and O–H groups in total. The molecule has 2 aromatic heterocycles. The third kappa shape index (κ3) is 3.75. The van der Waals surface area contributed by atoms with Crippen LogP contribution in [-0.2, 0) is 6.54 Å². The van der Waals surface area contributed by atoms with Gasteiger partial charge in [-0.3, -0.25) is 9.78 Å². The fourth-order valence-corrected chi connectivity index (χ4v) is 3.17. The maximum Gasteiger partial charge on any atom is 0.289 e. The van der Waals surface area contributed by atoms with Crippen molar-refractivity contribution in [2.75, 3.05) is 6.54 Å². The van der Waals surface area contributed by atoms with E-state index in [1.54, 1.807) is 24.6 Å². The molecule has 0 radical (unpaired) electrons. The molecular formula is C18H22N2O2. The third-order valence-electron chi connectivity index (χ3n) is 4.32. The molecule has 116 valence electrons. The Morgan fingerprint density at radius 3 is 2.77 bits per heavy atom. The second kappa shape index (κ2) is 7.25. The van der Waals surface area contributed by atoms with Crippen molar-refractivity contribution in [3.05, 3.63) is 54.2 Å². The Morgan fingerprint density at radius 2 is 2.09 bits per heavy atom. The van der Waals surface area contributed by atoms with Gasteiger partial charge in [0.05, 0.1) is 6.26 Å². The minimum absolute atomic E-state index is 0.0283. The normalized spacial score (nSPS) is 15.6. The van der Waals surface area contributed by atoms with Crippen molar-refractivity contribution < 1.29 is 9.21 Å². The Hall–Kier alpha value is -2.10. The molecule has 0 spiro atoms. The van der Waals surface area contributed by atoms with Crippen LogP contribution in [0, 0.1) is 5.92 Å². The lowest BCUT2D eigenvalue weighted by molar-refractivity contribution is 0.0666. The summed E-state index contributed by atoms with van der Waals surface area (Å²) < 4.78 is 5.30. The highest BCUT2D eigenvalue weighted by Gasteiger charge is 2.23. The molecule has 2 aromatic rings. The summed E-state index contributed by atoms with van der Waals surface area (Å²) in [5.74, 6) is 0.989. The molecule has 1 aliphatic rings. The highest BCUT2D eigenvalue weighted by Crippen LogP contribution is 2.25. The van der Waals surface area contributed by atoms with Gasteiger partial charge < -0.3 is 9.32 Å². The monoisotopic (exact) mass is 298 g/mol. The Morgan fingerprint density at radius 1 is 1.23 bits per heavy atom. The third-order valence-corrected chi connectivity index (χ3v) is 4.32. The van der Waals surface area contributed by atoms with Gasteiger partial charge >= 0.3 is 0 Å². The minimum atomic E-state index is -0.0283. The standard InChI is InChI=1S/C18H22N2O2/c21-18(17-9-5-11-22-17)20(13-15-6-2-1-3-7-15)14-16-8-4-10-19-12-16/h4-5,8-12,15H,1-3,6-7,13-14H2. The van der Waals surface area contributed by atoms with Crippen LogP contribution >= 0.6 is 0 Å². The van der Waals surface area contributed by atoms with Crippen molar-refractivity contribution in [1.82, 2.24) is 9.88 Å². The van der Waals surface area contributed by atoms with Crippen LogP contribution in [0.15, 0.2) is 47.3 Å². The van der Waals surface area contributed by atoms with Crippen molar-refractivity contribution in [2.24, 2.45) is 5.92 Å². The van der Waals surface area contributed by atoms with Crippen LogP contribution in [0.5, 0.6) is 0 Å². The van der Waals surface area contributed by atoms with Crippen LogP contribution in [0.1, 0.15) is 48.2 Å². The van der Waals surface area contributed by atoms with Gasteiger partial charge in [0.25, 0.3) is 5.91 Å². The van der Waals surface area contributed by atoms with Gasteiger partial charge in [0, 0.05) is 25.5 Å². The van der Waals surface area contributed by atoms with E-state index in [2.05, 4.69) is 4.98 Å². The smallest absolute Gasteiger partial charge is 0.289 e. The summed E-state index contributed by atoms with van der Waals surface area (Å²) in [5, 5.41) is 0. The van der Waals surface area contributed by atoms with Crippen molar-refractivity contribution in [3.8, 4) is 0 Å². The van der Waals surface area contributed by atoms with Gasteiger partial charge in [-0.15, -0.1) is 0 Å². The average molecular weight is 298 g/mol. The SMILES string of the molecule is O=C(c1ccco1)N(Cc1cccnc1)CC1CCCCC1. The average Bonchev–Trinajstić information content (AvgIpc) is 3.10. The molecule has 22 heavy (non-hydrogen) atoms. The number of furan rings is 1. The number of amides is 1. The van der Waals surface area contributed by atoms with E-state index in [0.717, 1.165) is 12.1 Å². The van der Waals surface area contributed by atoms with Gasteiger partial charge in [0.2, 0.25) is 0 Å². The molecule has 4 nitrogen and oxygen atoms in total. The molecule has 0 unspecified atom stereocenters. The second-order valence-electron chi connectivity index (χ2n) is 6.03. The van der Waals surface area contributed by atoms with E-state index in [4.69, 9.17) is 4.42 Å². The molecule has 1 amide bonds. The first-order chi connectivity index (χ1) is 10.8. The molecule has 0 bridgehead atoms. The first kappa shape index (κ1) is 14.8. The van der Waals surface area contributed by atoms with Crippen LogP contribution in [0.2, 0.25) is 0 Å². The van der Waals surface area contributed by atoms with E-state index < -0.39 is 0 Å². The summed E-state index contributed by atoms with van der Waals surface area (Å²) in [4.78, 5) is 18.7. The van der Waals surface area contributed by atoms with Gasteiger partial charge in [-0.05, 0) is 42.5 Å². The number of nitrogens with zero attached hydrogens (tertiary/aromatic N) is 2. The zero-order valence-electron chi connectivity index (χ0n) is 12.8. The van der Waals surface area contributed by atoms with Gasteiger partial charge in [-0.1, -0.05) is 25.3 Å². The van der Waals surface area contributed by atoms with Crippen molar-refractivity contribution >= 4 is 5.91 Å². The van der Waals surface area contributed by atoms with Crippen LogP contribution in [-0.4, -0.2) is 22.3 Å². The molecule has 3 rings (SSSR count). The van der Waals surface area contributed by atoms with E-state index >= 15 is 0 Å². The molecule has 0 aliphatic heterocycles. The van der Waals surface area contributed by atoms with Gasteiger partial charge in [-0.25, -0.2) is 0 Å². The fraction of sp³-hybridized carbons (Fsp3) is 0.444. The zero-order valence-corrected chi connectivity index (χ0v) is 12.8. The predicted molar refractivity (Wildman–Crippen MR) is 84.3 cm³/mol. The first-order valence-electron chi connectivity index (χ1n) is 8.04. The number of hydrogen-bond acceptors (Lipinski definition) is 3. The van der Waals surface area contributed by atoms with E-state index in [-0.39, 0.29) is 5.91 Å².